The highest BCUT2D eigenvalue weighted by molar-refractivity contribution is 7.87. The van der Waals surface area contributed by atoms with E-state index in [-0.39, 0.29) is 0 Å². The van der Waals surface area contributed by atoms with Gasteiger partial charge >= 0.3 is 20.2 Å². The lowest BCUT2D eigenvalue weighted by molar-refractivity contribution is -0.139. The van der Waals surface area contributed by atoms with Crippen molar-refractivity contribution in [3.05, 3.63) is 0 Å². The molecule has 0 saturated carbocycles. The lowest BCUT2D eigenvalue weighted by atomic mass is 9.89. The van der Waals surface area contributed by atoms with Gasteiger partial charge in [-0.3, -0.25) is 9.11 Å². The summed E-state index contributed by atoms with van der Waals surface area (Å²) in [5, 5.41) is 13.2. The fourth-order valence-electron chi connectivity index (χ4n) is 1.48. The van der Waals surface area contributed by atoms with E-state index in [0.717, 1.165) is 0 Å². The molecule has 4 atom stereocenters. The molecule has 128 valence electrons. The number of alkyl halides is 4. The summed E-state index contributed by atoms with van der Waals surface area (Å²) in [6.45, 7) is -4.22. The van der Waals surface area contributed by atoms with Gasteiger partial charge in [-0.1, -0.05) is 0 Å². The Morgan fingerprint density at radius 1 is 1.10 bits per heavy atom. The number of rotatable bonds is 8. The van der Waals surface area contributed by atoms with E-state index in [4.69, 9.17) is 14.2 Å². The number of hydrogen-bond donors (Lipinski definition) is 4. The smallest absolute Gasteiger partial charge is 0.306 e. The molecule has 0 bridgehead atoms. The molecule has 4 N–H and O–H groups in total. The number of hydrogen-bond acceptors (Lipinski definition) is 6. The molecule has 0 aromatic heterocycles. The molecule has 4 unspecified atom stereocenters. The van der Waals surface area contributed by atoms with Gasteiger partial charge in [-0.05, 0) is 0 Å². The summed E-state index contributed by atoms with van der Waals surface area (Å²) in [6, 6.07) is 0. The van der Waals surface area contributed by atoms with Crippen LogP contribution in [-0.4, -0.2) is 71.7 Å². The standard InChI is InChI=1S/C7H12F4O8S2/c8-3-7(11,21(17,18)19)6(13,1-2-12)4(9)5(10)20(14,15)16/h4-5,12-13H,1-3H2,(H,14,15,16)(H,17,18,19). The highest BCUT2D eigenvalue weighted by Gasteiger charge is 2.67. The average molecular weight is 364 g/mol. The second kappa shape index (κ2) is 6.29. The van der Waals surface area contributed by atoms with Gasteiger partial charge in [-0.15, -0.1) is 0 Å². The van der Waals surface area contributed by atoms with Gasteiger partial charge in [0.15, 0.2) is 11.8 Å². The van der Waals surface area contributed by atoms with Gasteiger partial charge in [-0.2, -0.15) is 16.8 Å². The molecule has 0 aromatic rings. The van der Waals surface area contributed by atoms with Crippen molar-refractivity contribution in [3.63, 3.8) is 0 Å². The van der Waals surface area contributed by atoms with Crippen molar-refractivity contribution >= 4 is 20.2 Å². The SMILES string of the molecule is O=S(=O)(O)C(F)C(F)C(O)(CCO)C(F)(CF)S(=O)(=O)O. The maximum atomic E-state index is 14.0. The van der Waals surface area contributed by atoms with Crippen LogP contribution in [0.5, 0.6) is 0 Å². The summed E-state index contributed by atoms with van der Waals surface area (Å²) >= 11 is 0. The minimum atomic E-state index is -6.20. The Morgan fingerprint density at radius 2 is 1.52 bits per heavy atom. The first kappa shape index (κ1) is 20.5. The second-order valence-electron chi connectivity index (χ2n) is 4.00. The third-order valence-electron chi connectivity index (χ3n) is 2.69. The molecule has 0 aromatic carbocycles. The van der Waals surface area contributed by atoms with Crippen molar-refractivity contribution in [2.24, 2.45) is 0 Å². The summed E-state index contributed by atoms with van der Waals surface area (Å²) in [6.07, 6.45) is -5.74. The lowest BCUT2D eigenvalue weighted by Crippen LogP contribution is -2.65. The van der Waals surface area contributed by atoms with Crippen LogP contribution in [0.3, 0.4) is 0 Å². The Kier molecular flexibility index (Phi) is 6.13. The number of aliphatic hydroxyl groups excluding tert-OH is 1. The van der Waals surface area contributed by atoms with Gasteiger partial charge in [0.05, 0.1) is 0 Å². The van der Waals surface area contributed by atoms with Crippen LogP contribution in [0.1, 0.15) is 6.42 Å². The summed E-state index contributed by atoms with van der Waals surface area (Å²) in [4.78, 5) is 0. The van der Waals surface area contributed by atoms with Crippen LogP contribution in [0.25, 0.3) is 0 Å². The van der Waals surface area contributed by atoms with Crippen LogP contribution in [-0.2, 0) is 20.2 Å². The Balaban J connectivity index is 6.18. The fourth-order valence-corrected chi connectivity index (χ4v) is 2.80. The molecule has 0 rings (SSSR count). The maximum Gasteiger partial charge on any atom is 0.306 e. The summed E-state index contributed by atoms with van der Waals surface area (Å²) in [5.41, 5.74) is -8.39. The van der Waals surface area contributed by atoms with Gasteiger partial charge in [0.1, 0.15) is 6.67 Å². The molecule has 0 aliphatic rings. The van der Waals surface area contributed by atoms with E-state index in [2.05, 4.69) is 0 Å². The summed E-state index contributed by atoms with van der Waals surface area (Å²) in [5.74, 6) is 0. The number of halogens is 4. The van der Waals surface area contributed by atoms with E-state index in [1.165, 1.54) is 0 Å². The van der Waals surface area contributed by atoms with Crippen molar-refractivity contribution in [2.75, 3.05) is 13.3 Å². The zero-order chi connectivity index (χ0) is 17.3. The van der Waals surface area contributed by atoms with Gasteiger partial charge in [-0.25, -0.2) is 17.6 Å². The second-order valence-corrected chi connectivity index (χ2v) is 7.08. The highest BCUT2D eigenvalue weighted by atomic mass is 32.2. The number of aliphatic hydroxyl groups is 2. The zero-order valence-electron chi connectivity index (χ0n) is 10.0. The zero-order valence-corrected chi connectivity index (χ0v) is 11.7. The predicted octanol–water partition coefficient (Wildman–Crippen LogP) is -0.855. The Morgan fingerprint density at radius 3 is 1.76 bits per heavy atom. The monoisotopic (exact) mass is 364 g/mol. The largest absolute Gasteiger partial charge is 0.396 e. The van der Waals surface area contributed by atoms with Crippen LogP contribution in [0.4, 0.5) is 17.6 Å². The van der Waals surface area contributed by atoms with Crippen LogP contribution in [0, 0.1) is 0 Å². The highest BCUT2D eigenvalue weighted by Crippen LogP contribution is 2.41. The van der Waals surface area contributed by atoms with E-state index in [1.807, 2.05) is 0 Å². The third-order valence-corrected chi connectivity index (χ3v) is 4.78. The molecule has 0 amide bonds. The summed E-state index contributed by atoms with van der Waals surface area (Å²) < 4.78 is 113. The first-order chi connectivity index (χ1) is 9.19. The van der Waals surface area contributed by atoms with E-state index < -0.39 is 62.2 Å². The Hall–Kier alpha value is -0.540. The van der Waals surface area contributed by atoms with Crippen molar-refractivity contribution in [3.8, 4) is 0 Å². The lowest BCUT2D eigenvalue weighted by Gasteiger charge is -2.39. The topological polar surface area (TPSA) is 149 Å². The van der Waals surface area contributed by atoms with Crippen molar-refractivity contribution < 1.29 is 53.7 Å². The van der Waals surface area contributed by atoms with Gasteiger partial charge in [0.2, 0.25) is 0 Å². The molecule has 8 nitrogen and oxygen atoms in total. The molecule has 0 fully saturated rings. The van der Waals surface area contributed by atoms with Gasteiger partial charge in [0, 0.05) is 13.0 Å². The minimum absolute atomic E-state index is 1.43. The van der Waals surface area contributed by atoms with Gasteiger partial charge < -0.3 is 10.2 Å². The van der Waals surface area contributed by atoms with Crippen LogP contribution in [0.2, 0.25) is 0 Å². The van der Waals surface area contributed by atoms with E-state index >= 15 is 0 Å². The van der Waals surface area contributed by atoms with Crippen molar-refractivity contribution in [1.29, 1.82) is 0 Å². The molecular formula is C7H12F4O8S2. The first-order valence-electron chi connectivity index (χ1n) is 4.98. The molecule has 14 heteroatoms. The molecule has 0 radical (unpaired) electrons. The molecule has 0 heterocycles. The normalized spacial score (nSPS) is 22.1. The molecule has 0 aliphatic heterocycles. The third kappa shape index (κ3) is 3.62. The maximum absolute atomic E-state index is 14.0. The van der Waals surface area contributed by atoms with E-state index in [1.54, 1.807) is 0 Å². The average Bonchev–Trinajstić information content (AvgIpc) is 2.33. The van der Waals surface area contributed by atoms with Crippen LogP contribution in [0.15, 0.2) is 0 Å². The Labute approximate surface area is 116 Å². The minimum Gasteiger partial charge on any atom is -0.396 e. The molecule has 0 saturated heterocycles. The first-order valence-corrected chi connectivity index (χ1v) is 7.93. The fraction of sp³-hybridized carbons (Fsp3) is 1.00. The predicted molar refractivity (Wildman–Crippen MR) is 59.4 cm³/mol. The van der Waals surface area contributed by atoms with Gasteiger partial charge in [0.25, 0.3) is 10.5 Å². The molecule has 0 aliphatic carbocycles. The quantitative estimate of drug-likeness (QED) is 0.321. The molecular weight excluding hydrogens is 352 g/mol. The van der Waals surface area contributed by atoms with Crippen LogP contribution >= 0.6 is 0 Å². The van der Waals surface area contributed by atoms with Crippen molar-refractivity contribution in [1.82, 2.24) is 0 Å². The van der Waals surface area contributed by atoms with Crippen molar-refractivity contribution in [2.45, 2.75) is 28.7 Å². The summed E-state index contributed by atoms with van der Waals surface area (Å²) in [7, 11) is -12.1. The molecule has 0 spiro atoms. The Bertz CT molecular complexity index is 565. The molecule has 21 heavy (non-hydrogen) atoms. The van der Waals surface area contributed by atoms with E-state index in [9.17, 15) is 39.5 Å². The van der Waals surface area contributed by atoms with E-state index in [0.29, 0.717) is 0 Å². The van der Waals surface area contributed by atoms with Crippen LogP contribution < -0.4 is 0 Å².